The molecule has 0 saturated carbocycles. The highest BCUT2D eigenvalue weighted by atomic mass is 35.5. The second kappa shape index (κ2) is 9.03. The molecule has 0 unspecified atom stereocenters. The number of ether oxygens (including phenoxy) is 1. The van der Waals surface area contributed by atoms with Crippen LogP contribution in [0.4, 0.5) is 5.69 Å². The summed E-state index contributed by atoms with van der Waals surface area (Å²) in [6.45, 7) is 0.212. The van der Waals surface area contributed by atoms with Crippen LogP contribution in [0.5, 0.6) is 0 Å². The molecule has 4 aromatic rings. The molecule has 1 amide bonds. The van der Waals surface area contributed by atoms with Gasteiger partial charge in [-0.15, -0.1) is 0 Å². The zero-order chi connectivity index (χ0) is 22.7. The molecule has 0 radical (unpaired) electrons. The number of benzene rings is 2. The summed E-state index contributed by atoms with van der Waals surface area (Å²) in [7, 11) is 1.26. The van der Waals surface area contributed by atoms with E-state index in [9.17, 15) is 14.4 Å². The Morgan fingerprint density at radius 2 is 1.78 bits per heavy atom. The molecule has 2 aromatic heterocycles. The monoisotopic (exact) mass is 447 g/mol. The van der Waals surface area contributed by atoms with Crippen LogP contribution >= 0.6 is 11.6 Å². The SMILES string of the molecule is COC(=O)c1ccccc1NC(=O)c1cc2cccnc2n(Cc2ccc(Cl)cc2)c1=O. The first-order valence-corrected chi connectivity index (χ1v) is 10.1. The number of methoxy groups -OCH3 is 1. The Morgan fingerprint density at radius 1 is 1.03 bits per heavy atom. The van der Waals surface area contributed by atoms with Crippen molar-refractivity contribution < 1.29 is 14.3 Å². The predicted molar refractivity (Wildman–Crippen MR) is 122 cm³/mol. The topological polar surface area (TPSA) is 90.3 Å². The van der Waals surface area contributed by atoms with Gasteiger partial charge in [0.25, 0.3) is 11.5 Å². The zero-order valence-corrected chi connectivity index (χ0v) is 17.8. The number of halogens is 1. The highest BCUT2D eigenvalue weighted by molar-refractivity contribution is 6.30. The fourth-order valence-corrected chi connectivity index (χ4v) is 3.48. The molecule has 0 aliphatic carbocycles. The maximum Gasteiger partial charge on any atom is 0.339 e. The maximum atomic E-state index is 13.3. The number of nitrogens with zero attached hydrogens (tertiary/aromatic N) is 2. The van der Waals surface area contributed by atoms with Crippen molar-refractivity contribution in [2.75, 3.05) is 12.4 Å². The second-order valence-corrected chi connectivity index (χ2v) is 7.42. The minimum atomic E-state index is -0.637. The lowest BCUT2D eigenvalue weighted by Crippen LogP contribution is -2.30. The molecule has 0 spiro atoms. The quantitative estimate of drug-likeness (QED) is 0.464. The van der Waals surface area contributed by atoms with E-state index in [2.05, 4.69) is 10.3 Å². The smallest absolute Gasteiger partial charge is 0.339 e. The molecule has 0 atom stereocenters. The first-order valence-electron chi connectivity index (χ1n) is 9.69. The summed E-state index contributed by atoms with van der Waals surface area (Å²) in [5.41, 5.74) is 1.15. The van der Waals surface area contributed by atoms with Gasteiger partial charge in [0.1, 0.15) is 11.2 Å². The molecule has 0 fully saturated rings. The van der Waals surface area contributed by atoms with Crippen LogP contribution in [0.3, 0.4) is 0 Å². The van der Waals surface area contributed by atoms with Gasteiger partial charge in [0.05, 0.1) is 24.9 Å². The molecule has 7 nitrogen and oxygen atoms in total. The number of aromatic nitrogens is 2. The molecule has 160 valence electrons. The Hall–Kier alpha value is -3.97. The van der Waals surface area contributed by atoms with Crippen molar-refractivity contribution in [3.05, 3.63) is 105 Å². The van der Waals surface area contributed by atoms with Gasteiger partial charge in [-0.05, 0) is 48.0 Å². The molecule has 0 saturated heterocycles. The van der Waals surface area contributed by atoms with Gasteiger partial charge in [-0.25, -0.2) is 9.78 Å². The van der Waals surface area contributed by atoms with Gasteiger partial charge in [0, 0.05) is 16.6 Å². The van der Waals surface area contributed by atoms with Crippen LogP contribution in [-0.4, -0.2) is 28.5 Å². The van der Waals surface area contributed by atoms with Gasteiger partial charge in [0.15, 0.2) is 0 Å². The number of nitrogens with one attached hydrogen (secondary N) is 1. The van der Waals surface area contributed by atoms with Crippen molar-refractivity contribution >= 4 is 40.2 Å². The number of esters is 1. The molecule has 8 heteroatoms. The van der Waals surface area contributed by atoms with Crippen LogP contribution in [0.25, 0.3) is 11.0 Å². The molecular weight excluding hydrogens is 430 g/mol. The van der Waals surface area contributed by atoms with Crippen molar-refractivity contribution in [1.29, 1.82) is 0 Å². The Labute approximate surface area is 188 Å². The van der Waals surface area contributed by atoms with E-state index in [1.54, 1.807) is 48.7 Å². The van der Waals surface area contributed by atoms with Gasteiger partial charge < -0.3 is 10.1 Å². The van der Waals surface area contributed by atoms with Crippen LogP contribution in [0, 0.1) is 0 Å². The maximum absolute atomic E-state index is 13.3. The van der Waals surface area contributed by atoms with Crippen LogP contribution in [0.15, 0.2) is 77.7 Å². The Morgan fingerprint density at radius 3 is 2.53 bits per heavy atom. The number of fused-ring (bicyclic) bond motifs is 1. The van der Waals surface area contributed by atoms with Gasteiger partial charge in [-0.1, -0.05) is 35.9 Å². The predicted octanol–water partition coefficient (Wildman–Crippen LogP) is 4.14. The second-order valence-electron chi connectivity index (χ2n) is 6.98. The van der Waals surface area contributed by atoms with Gasteiger partial charge in [-0.2, -0.15) is 0 Å². The highest BCUT2D eigenvalue weighted by Gasteiger charge is 2.19. The number of hydrogen-bond donors (Lipinski definition) is 1. The number of carbonyl (C=O) groups is 2. The third kappa shape index (κ3) is 4.24. The number of pyridine rings is 2. The number of carbonyl (C=O) groups excluding carboxylic acids is 2. The number of para-hydroxylation sites is 1. The normalized spacial score (nSPS) is 10.7. The van der Waals surface area contributed by atoms with E-state index < -0.39 is 17.4 Å². The van der Waals surface area contributed by atoms with Gasteiger partial charge in [0.2, 0.25) is 0 Å². The molecule has 0 aliphatic heterocycles. The molecule has 2 heterocycles. The van der Waals surface area contributed by atoms with E-state index in [4.69, 9.17) is 16.3 Å². The lowest BCUT2D eigenvalue weighted by Gasteiger charge is -2.13. The summed E-state index contributed by atoms with van der Waals surface area (Å²) in [6.07, 6.45) is 1.59. The summed E-state index contributed by atoms with van der Waals surface area (Å²) in [5.74, 6) is -1.23. The molecule has 32 heavy (non-hydrogen) atoms. The van der Waals surface area contributed by atoms with Crippen molar-refractivity contribution in [2.24, 2.45) is 0 Å². The first kappa shape index (κ1) is 21.3. The summed E-state index contributed by atoms with van der Waals surface area (Å²) in [4.78, 5) is 42.7. The first-order chi connectivity index (χ1) is 15.5. The lowest BCUT2D eigenvalue weighted by atomic mass is 10.1. The summed E-state index contributed by atoms with van der Waals surface area (Å²) in [5, 5.41) is 3.87. The van der Waals surface area contributed by atoms with Crippen LogP contribution in [0.1, 0.15) is 26.3 Å². The van der Waals surface area contributed by atoms with Crippen molar-refractivity contribution in [3.8, 4) is 0 Å². The Balaban J connectivity index is 1.77. The molecular formula is C24H18ClN3O4. The average molecular weight is 448 g/mol. The Bertz CT molecular complexity index is 1380. The van der Waals surface area contributed by atoms with Crippen molar-refractivity contribution in [2.45, 2.75) is 6.54 Å². The van der Waals surface area contributed by atoms with Gasteiger partial charge in [-0.3, -0.25) is 14.2 Å². The van der Waals surface area contributed by atoms with E-state index >= 15 is 0 Å². The number of amides is 1. The minimum absolute atomic E-state index is 0.0702. The third-order valence-electron chi connectivity index (χ3n) is 4.93. The molecule has 4 rings (SSSR count). The summed E-state index contributed by atoms with van der Waals surface area (Å²) in [6, 6.07) is 18.5. The minimum Gasteiger partial charge on any atom is -0.465 e. The fraction of sp³-hybridized carbons (Fsp3) is 0.0833. The standard InChI is InChI=1S/C24H18ClN3O4/c1-32-24(31)18-6-2-3-7-20(18)27-22(29)19-13-16-5-4-12-26-21(16)28(23(19)30)14-15-8-10-17(25)11-9-15/h2-13H,14H2,1H3,(H,27,29). The van der Waals surface area contributed by atoms with Gasteiger partial charge >= 0.3 is 5.97 Å². The molecule has 0 aliphatic rings. The largest absolute Gasteiger partial charge is 0.465 e. The third-order valence-corrected chi connectivity index (χ3v) is 5.18. The Kier molecular flexibility index (Phi) is 6.00. The van der Waals surface area contributed by atoms with Crippen LogP contribution in [-0.2, 0) is 11.3 Å². The van der Waals surface area contributed by atoms with Crippen molar-refractivity contribution in [1.82, 2.24) is 9.55 Å². The van der Waals surface area contributed by atoms with E-state index in [0.29, 0.717) is 16.1 Å². The number of hydrogen-bond acceptors (Lipinski definition) is 5. The zero-order valence-electron chi connectivity index (χ0n) is 17.0. The van der Waals surface area contributed by atoms with E-state index in [1.165, 1.54) is 23.8 Å². The van der Waals surface area contributed by atoms with Crippen molar-refractivity contribution in [3.63, 3.8) is 0 Å². The number of rotatable bonds is 5. The highest BCUT2D eigenvalue weighted by Crippen LogP contribution is 2.19. The lowest BCUT2D eigenvalue weighted by molar-refractivity contribution is 0.0602. The summed E-state index contributed by atoms with van der Waals surface area (Å²) >= 11 is 5.96. The number of anilines is 1. The summed E-state index contributed by atoms with van der Waals surface area (Å²) < 4.78 is 6.21. The van der Waals surface area contributed by atoms with E-state index in [1.807, 2.05) is 12.1 Å². The van der Waals surface area contributed by atoms with E-state index in [-0.39, 0.29) is 23.4 Å². The molecule has 1 N–H and O–H groups in total. The fourth-order valence-electron chi connectivity index (χ4n) is 3.36. The molecule has 2 aromatic carbocycles. The molecule has 0 bridgehead atoms. The van der Waals surface area contributed by atoms with Crippen LogP contribution < -0.4 is 10.9 Å². The van der Waals surface area contributed by atoms with E-state index in [0.717, 1.165) is 5.56 Å². The average Bonchev–Trinajstić information content (AvgIpc) is 2.81. The van der Waals surface area contributed by atoms with Crippen LogP contribution in [0.2, 0.25) is 5.02 Å².